The van der Waals surface area contributed by atoms with Gasteiger partial charge in [0.1, 0.15) is 0 Å². The molecular weight excluding hydrogens is 350 g/mol. The monoisotopic (exact) mass is 375 g/mol. The Morgan fingerprint density at radius 1 is 1.21 bits per heavy atom. The summed E-state index contributed by atoms with van der Waals surface area (Å²) in [4.78, 5) is 12.0. The minimum Gasteiger partial charge on any atom is -0.351 e. The zero-order valence-corrected chi connectivity index (χ0v) is 15.5. The van der Waals surface area contributed by atoms with Gasteiger partial charge < -0.3 is 11.1 Å². The maximum atomic E-state index is 12.7. The second-order valence-corrected chi connectivity index (χ2v) is 7.88. The Bertz CT molecular complexity index is 628. The second kappa shape index (κ2) is 9.36. The van der Waals surface area contributed by atoms with Crippen molar-refractivity contribution in [2.75, 3.05) is 20.1 Å². The number of benzene rings is 1. The summed E-state index contributed by atoms with van der Waals surface area (Å²) < 4.78 is 26.9. The van der Waals surface area contributed by atoms with Crippen LogP contribution in [-0.2, 0) is 10.0 Å². The summed E-state index contributed by atoms with van der Waals surface area (Å²) in [5.41, 5.74) is 5.77. The number of hydrogen-bond acceptors (Lipinski definition) is 4. The smallest absolute Gasteiger partial charge is 0.251 e. The predicted molar refractivity (Wildman–Crippen MR) is 96.9 cm³/mol. The van der Waals surface area contributed by atoms with Crippen molar-refractivity contribution in [3.05, 3.63) is 29.8 Å². The van der Waals surface area contributed by atoms with Crippen LogP contribution >= 0.6 is 12.4 Å². The standard InChI is InChI=1S/C16H25N3O3S.ClH/c1-19(14-5-3-2-4-6-14)23(21,22)15-9-7-13(8-10-15)16(20)18-12-11-17;/h7-10,14H,2-6,11-12,17H2,1H3,(H,18,20);1H. The van der Waals surface area contributed by atoms with Crippen molar-refractivity contribution in [1.29, 1.82) is 0 Å². The molecule has 1 amide bonds. The van der Waals surface area contributed by atoms with E-state index in [4.69, 9.17) is 5.73 Å². The topological polar surface area (TPSA) is 92.5 Å². The molecule has 0 atom stereocenters. The molecule has 1 aliphatic rings. The van der Waals surface area contributed by atoms with Crippen LogP contribution < -0.4 is 11.1 Å². The summed E-state index contributed by atoms with van der Waals surface area (Å²) in [6, 6.07) is 6.13. The molecule has 6 nitrogen and oxygen atoms in total. The van der Waals surface area contributed by atoms with Gasteiger partial charge in [-0.3, -0.25) is 4.79 Å². The lowest BCUT2D eigenvalue weighted by Gasteiger charge is -2.30. The van der Waals surface area contributed by atoms with Gasteiger partial charge in [-0.25, -0.2) is 8.42 Å². The van der Waals surface area contributed by atoms with Crippen molar-refractivity contribution >= 4 is 28.3 Å². The average molecular weight is 376 g/mol. The Morgan fingerprint density at radius 2 is 1.79 bits per heavy atom. The van der Waals surface area contributed by atoms with E-state index in [1.54, 1.807) is 7.05 Å². The van der Waals surface area contributed by atoms with E-state index in [-0.39, 0.29) is 29.3 Å². The zero-order valence-electron chi connectivity index (χ0n) is 13.9. The second-order valence-electron chi connectivity index (χ2n) is 5.88. The molecule has 0 saturated heterocycles. The number of rotatable bonds is 6. The molecule has 136 valence electrons. The van der Waals surface area contributed by atoms with Crippen LogP contribution in [0, 0.1) is 0 Å². The largest absolute Gasteiger partial charge is 0.351 e. The van der Waals surface area contributed by atoms with E-state index in [2.05, 4.69) is 5.32 Å². The van der Waals surface area contributed by atoms with Crippen molar-refractivity contribution in [3.8, 4) is 0 Å². The van der Waals surface area contributed by atoms with Gasteiger partial charge in [-0.2, -0.15) is 4.31 Å². The third-order valence-corrected chi connectivity index (χ3v) is 6.24. The normalized spacial score (nSPS) is 15.8. The molecule has 1 aromatic rings. The number of nitrogens with one attached hydrogen (secondary N) is 1. The molecule has 1 aliphatic carbocycles. The molecule has 24 heavy (non-hydrogen) atoms. The van der Waals surface area contributed by atoms with E-state index in [1.807, 2.05) is 0 Å². The predicted octanol–water partition coefficient (Wildman–Crippen LogP) is 1.75. The summed E-state index contributed by atoms with van der Waals surface area (Å²) in [6.07, 6.45) is 5.15. The van der Waals surface area contributed by atoms with Gasteiger partial charge in [-0.1, -0.05) is 19.3 Å². The van der Waals surface area contributed by atoms with Gasteiger partial charge in [-0.05, 0) is 37.1 Å². The summed E-state index contributed by atoms with van der Waals surface area (Å²) in [5.74, 6) is -0.250. The van der Waals surface area contributed by atoms with Crippen LogP contribution in [0.3, 0.4) is 0 Å². The maximum Gasteiger partial charge on any atom is 0.251 e. The molecule has 0 aromatic heterocycles. The van der Waals surface area contributed by atoms with Crippen molar-refractivity contribution in [2.45, 2.75) is 43.0 Å². The average Bonchev–Trinajstić information content (AvgIpc) is 2.59. The number of amides is 1. The fraction of sp³-hybridized carbons (Fsp3) is 0.562. The van der Waals surface area contributed by atoms with E-state index in [0.29, 0.717) is 18.7 Å². The van der Waals surface area contributed by atoms with E-state index < -0.39 is 10.0 Å². The summed E-state index contributed by atoms with van der Waals surface area (Å²) in [6.45, 7) is 0.758. The van der Waals surface area contributed by atoms with Crippen molar-refractivity contribution in [3.63, 3.8) is 0 Å². The van der Waals surface area contributed by atoms with E-state index >= 15 is 0 Å². The minimum atomic E-state index is -3.52. The number of carbonyl (C=O) groups is 1. The fourth-order valence-electron chi connectivity index (χ4n) is 2.87. The first-order valence-corrected chi connectivity index (χ1v) is 9.47. The highest BCUT2D eigenvalue weighted by Crippen LogP contribution is 2.26. The molecule has 8 heteroatoms. The van der Waals surface area contributed by atoms with Crippen LogP contribution in [0.5, 0.6) is 0 Å². The van der Waals surface area contributed by atoms with Crippen molar-refractivity contribution < 1.29 is 13.2 Å². The van der Waals surface area contributed by atoms with Crippen LogP contribution in [0.25, 0.3) is 0 Å². The molecule has 1 fully saturated rings. The van der Waals surface area contributed by atoms with Crippen LogP contribution in [-0.4, -0.2) is 44.8 Å². The van der Waals surface area contributed by atoms with Crippen molar-refractivity contribution in [2.24, 2.45) is 5.73 Å². The molecule has 0 unspecified atom stereocenters. The fourth-order valence-corrected chi connectivity index (χ4v) is 4.29. The Labute approximate surface area is 150 Å². The molecule has 1 saturated carbocycles. The summed E-state index contributed by atoms with van der Waals surface area (Å²) >= 11 is 0. The highest BCUT2D eigenvalue weighted by molar-refractivity contribution is 7.89. The lowest BCUT2D eigenvalue weighted by atomic mass is 9.96. The van der Waals surface area contributed by atoms with Gasteiger partial charge >= 0.3 is 0 Å². The highest BCUT2D eigenvalue weighted by Gasteiger charge is 2.29. The highest BCUT2D eigenvalue weighted by atomic mass is 35.5. The van der Waals surface area contributed by atoms with Crippen LogP contribution in [0.2, 0.25) is 0 Å². The summed E-state index contributed by atoms with van der Waals surface area (Å²) in [5, 5.41) is 2.66. The molecule has 0 bridgehead atoms. The Balaban J connectivity index is 0.00000288. The minimum absolute atomic E-state index is 0. The van der Waals surface area contributed by atoms with Gasteiger partial charge in [-0.15, -0.1) is 12.4 Å². The Hall–Kier alpha value is -1.15. The third-order valence-electron chi connectivity index (χ3n) is 4.31. The lowest BCUT2D eigenvalue weighted by molar-refractivity contribution is 0.0954. The Kier molecular flexibility index (Phi) is 8.15. The molecule has 0 radical (unpaired) electrons. The quantitative estimate of drug-likeness (QED) is 0.792. The molecule has 0 spiro atoms. The van der Waals surface area contributed by atoms with Gasteiger partial charge in [0, 0.05) is 31.7 Å². The van der Waals surface area contributed by atoms with Gasteiger partial charge in [0.25, 0.3) is 5.91 Å². The van der Waals surface area contributed by atoms with Gasteiger partial charge in [0.2, 0.25) is 10.0 Å². The molecular formula is C16H26ClN3O3S. The van der Waals surface area contributed by atoms with E-state index in [1.165, 1.54) is 35.0 Å². The number of hydrogen-bond donors (Lipinski definition) is 2. The van der Waals surface area contributed by atoms with Gasteiger partial charge in [0.15, 0.2) is 0 Å². The molecule has 0 heterocycles. The zero-order chi connectivity index (χ0) is 16.9. The number of carbonyl (C=O) groups excluding carboxylic acids is 1. The number of halogens is 1. The molecule has 3 N–H and O–H groups in total. The first-order valence-electron chi connectivity index (χ1n) is 8.03. The first kappa shape index (κ1) is 20.9. The van der Waals surface area contributed by atoms with E-state index in [0.717, 1.165) is 25.7 Å². The van der Waals surface area contributed by atoms with Crippen LogP contribution in [0.1, 0.15) is 42.5 Å². The first-order chi connectivity index (χ1) is 11.0. The van der Waals surface area contributed by atoms with E-state index in [9.17, 15) is 13.2 Å². The molecule has 1 aromatic carbocycles. The van der Waals surface area contributed by atoms with Crippen molar-refractivity contribution in [1.82, 2.24) is 9.62 Å². The molecule has 0 aliphatic heterocycles. The Morgan fingerprint density at radius 3 is 2.33 bits per heavy atom. The van der Waals surface area contributed by atoms with Gasteiger partial charge in [0.05, 0.1) is 4.90 Å². The van der Waals surface area contributed by atoms with Crippen LogP contribution in [0.15, 0.2) is 29.2 Å². The molecule has 2 rings (SSSR count). The number of nitrogens with zero attached hydrogens (tertiary/aromatic N) is 1. The third kappa shape index (κ3) is 4.92. The SMILES string of the molecule is CN(C1CCCCC1)S(=O)(=O)c1ccc(C(=O)NCCN)cc1.Cl. The van der Waals surface area contributed by atoms with Crippen LogP contribution in [0.4, 0.5) is 0 Å². The maximum absolute atomic E-state index is 12.7. The lowest BCUT2D eigenvalue weighted by Crippen LogP contribution is -2.38. The summed E-state index contributed by atoms with van der Waals surface area (Å²) in [7, 11) is -1.87. The number of nitrogens with two attached hydrogens (primary N) is 1. The number of sulfonamides is 1.